The topological polar surface area (TPSA) is 43.1 Å². The summed E-state index contributed by atoms with van der Waals surface area (Å²) >= 11 is 4.88. The largest absolute Gasteiger partial charge is 0.319 e. The van der Waals surface area contributed by atoms with Gasteiger partial charge in [-0.3, -0.25) is 4.79 Å². The van der Waals surface area contributed by atoms with Crippen molar-refractivity contribution in [3.63, 3.8) is 0 Å². The number of ketones is 1. The molecular formula is C12H16BrNOS. The lowest BCUT2D eigenvalue weighted by atomic mass is 9.74. The molecule has 0 spiro atoms. The number of carbonyl (C=O) groups is 1. The Hall–Kier alpha value is -0.190. The third kappa shape index (κ3) is 2.24. The molecule has 88 valence electrons. The molecule has 0 aromatic carbocycles. The normalized spacial score (nSPS) is 30.3. The number of nitrogens with two attached hydrogens (primary N) is 1. The van der Waals surface area contributed by atoms with Gasteiger partial charge in [-0.05, 0) is 46.1 Å². The van der Waals surface area contributed by atoms with Gasteiger partial charge in [-0.25, -0.2) is 0 Å². The van der Waals surface area contributed by atoms with E-state index in [1.807, 2.05) is 11.4 Å². The molecule has 0 bridgehead atoms. The van der Waals surface area contributed by atoms with Gasteiger partial charge in [0.25, 0.3) is 0 Å². The summed E-state index contributed by atoms with van der Waals surface area (Å²) in [6.07, 6.45) is 3.89. The number of hydrogen-bond donors (Lipinski definition) is 1. The summed E-state index contributed by atoms with van der Waals surface area (Å²) in [6.45, 7) is 2.18. The van der Waals surface area contributed by atoms with Crippen LogP contribution in [0.3, 0.4) is 0 Å². The van der Waals surface area contributed by atoms with Gasteiger partial charge in [0, 0.05) is 4.47 Å². The van der Waals surface area contributed by atoms with Crippen LogP contribution in [0.25, 0.3) is 0 Å². The zero-order chi connectivity index (χ0) is 11.8. The first-order valence-corrected chi connectivity index (χ1v) is 7.27. The smallest absolute Gasteiger partial charge is 0.193 e. The molecule has 2 atom stereocenters. The van der Waals surface area contributed by atoms with E-state index in [1.54, 1.807) is 0 Å². The molecule has 1 aliphatic rings. The second kappa shape index (κ2) is 4.59. The summed E-state index contributed by atoms with van der Waals surface area (Å²) in [7, 11) is 0. The van der Waals surface area contributed by atoms with Crippen molar-refractivity contribution in [3.8, 4) is 0 Å². The van der Waals surface area contributed by atoms with Crippen LogP contribution in [0.15, 0.2) is 15.9 Å². The van der Waals surface area contributed by atoms with Crippen LogP contribution in [0, 0.1) is 5.92 Å². The minimum atomic E-state index is -0.634. The van der Waals surface area contributed by atoms with Crippen LogP contribution in [-0.4, -0.2) is 11.3 Å². The van der Waals surface area contributed by atoms with Gasteiger partial charge >= 0.3 is 0 Å². The maximum absolute atomic E-state index is 12.4. The molecule has 1 fully saturated rings. The van der Waals surface area contributed by atoms with Crippen molar-refractivity contribution >= 4 is 33.0 Å². The predicted octanol–water partition coefficient (Wildman–Crippen LogP) is 3.60. The van der Waals surface area contributed by atoms with E-state index in [9.17, 15) is 4.79 Å². The Bertz CT molecular complexity index is 403. The van der Waals surface area contributed by atoms with E-state index in [4.69, 9.17) is 5.73 Å². The Morgan fingerprint density at radius 1 is 1.69 bits per heavy atom. The van der Waals surface area contributed by atoms with E-state index in [2.05, 4.69) is 22.9 Å². The first kappa shape index (κ1) is 12.3. The molecule has 0 radical (unpaired) electrons. The van der Waals surface area contributed by atoms with E-state index < -0.39 is 5.54 Å². The van der Waals surface area contributed by atoms with Crippen LogP contribution >= 0.6 is 27.3 Å². The third-order valence-corrected chi connectivity index (χ3v) is 5.14. The molecule has 1 heterocycles. The molecule has 4 heteroatoms. The summed E-state index contributed by atoms with van der Waals surface area (Å²) in [5, 5.41) is 1.92. The van der Waals surface area contributed by atoms with Gasteiger partial charge in [0.15, 0.2) is 5.78 Å². The molecule has 1 aromatic heterocycles. The Labute approximate surface area is 108 Å². The minimum absolute atomic E-state index is 0.112. The fourth-order valence-electron chi connectivity index (χ4n) is 2.48. The number of halogens is 1. The van der Waals surface area contributed by atoms with E-state index in [0.29, 0.717) is 5.92 Å². The second-order valence-corrected chi connectivity index (χ2v) is 6.55. The van der Waals surface area contributed by atoms with Crippen molar-refractivity contribution in [2.75, 3.05) is 0 Å². The fraction of sp³-hybridized carbons (Fsp3) is 0.583. The molecule has 0 saturated heterocycles. The highest BCUT2D eigenvalue weighted by atomic mass is 79.9. The lowest BCUT2D eigenvalue weighted by Crippen LogP contribution is -2.50. The van der Waals surface area contributed by atoms with Crippen molar-refractivity contribution in [2.45, 2.75) is 38.1 Å². The van der Waals surface area contributed by atoms with E-state index in [1.165, 1.54) is 17.8 Å². The maximum Gasteiger partial charge on any atom is 0.193 e. The van der Waals surface area contributed by atoms with Gasteiger partial charge in [0.05, 0.1) is 10.4 Å². The van der Waals surface area contributed by atoms with Crippen LogP contribution in [0.4, 0.5) is 0 Å². The Morgan fingerprint density at radius 2 is 2.44 bits per heavy atom. The van der Waals surface area contributed by atoms with Crippen LogP contribution in [-0.2, 0) is 0 Å². The zero-order valence-electron chi connectivity index (χ0n) is 9.33. The van der Waals surface area contributed by atoms with Crippen LogP contribution in [0.5, 0.6) is 0 Å². The average molecular weight is 302 g/mol. The molecule has 2 unspecified atom stereocenters. The van der Waals surface area contributed by atoms with Crippen molar-refractivity contribution in [3.05, 3.63) is 20.8 Å². The van der Waals surface area contributed by atoms with Crippen LogP contribution < -0.4 is 5.73 Å². The van der Waals surface area contributed by atoms with Gasteiger partial charge in [-0.2, -0.15) is 0 Å². The molecule has 1 saturated carbocycles. The van der Waals surface area contributed by atoms with Gasteiger partial charge in [0.1, 0.15) is 0 Å². The summed E-state index contributed by atoms with van der Waals surface area (Å²) in [4.78, 5) is 13.2. The SMILES string of the molecule is CC1CCCC(N)(C(=O)c2sccc2Br)C1. The Kier molecular flexibility index (Phi) is 3.52. The molecule has 1 aromatic rings. The van der Waals surface area contributed by atoms with Crippen LogP contribution in [0.2, 0.25) is 0 Å². The highest BCUT2D eigenvalue weighted by Crippen LogP contribution is 2.35. The fourth-order valence-corrected chi connectivity index (χ4v) is 4.08. The predicted molar refractivity (Wildman–Crippen MR) is 70.9 cm³/mol. The number of rotatable bonds is 2. The first-order chi connectivity index (χ1) is 7.53. The summed E-state index contributed by atoms with van der Waals surface area (Å²) in [6, 6.07) is 1.91. The molecule has 2 rings (SSSR count). The monoisotopic (exact) mass is 301 g/mol. The lowest BCUT2D eigenvalue weighted by molar-refractivity contribution is 0.0823. The molecule has 16 heavy (non-hydrogen) atoms. The summed E-state index contributed by atoms with van der Waals surface area (Å²) in [5.41, 5.74) is 5.66. The first-order valence-electron chi connectivity index (χ1n) is 5.59. The van der Waals surface area contributed by atoms with Gasteiger partial charge < -0.3 is 5.73 Å². The van der Waals surface area contributed by atoms with Crippen molar-refractivity contribution < 1.29 is 4.79 Å². The molecule has 0 aliphatic heterocycles. The van der Waals surface area contributed by atoms with Crippen molar-refractivity contribution in [1.82, 2.24) is 0 Å². The quantitative estimate of drug-likeness (QED) is 0.848. The van der Waals surface area contributed by atoms with Gasteiger partial charge in [0.2, 0.25) is 0 Å². The average Bonchev–Trinajstić information content (AvgIpc) is 2.63. The molecule has 2 N–H and O–H groups in total. The van der Waals surface area contributed by atoms with Gasteiger partial charge in [-0.1, -0.05) is 19.8 Å². The third-order valence-electron chi connectivity index (χ3n) is 3.31. The molecule has 0 amide bonds. The number of thiophene rings is 1. The summed E-state index contributed by atoms with van der Waals surface area (Å²) in [5.74, 6) is 0.669. The van der Waals surface area contributed by atoms with E-state index in [-0.39, 0.29) is 5.78 Å². The Morgan fingerprint density at radius 3 is 3.00 bits per heavy atom. The molecule has 1 aliphatic carbocycles. The van der Waals surface area contributed by atoms with E-state index in [0.717, 1.165) is 28.6 Å². The highest BCUT2D eigenvalue weighted by molar-refractivity contribution is 9.10. The van der Waals surface area contributed by atoms with Crippen molar-refractivity contribution in [2.24, 2.45) is 11.7 Å². The maximum atomic E-state index is 12.4. The molecular weight excluding hydrogens is 286 g/mol. The minimum Gasteiger partial charge on any atom is -0.319 e. The number of Topliss-reactive ketones (excluding diaryl/α,β-unsaturated/α-hetero) is 1. The van der Waals surface area contributed by atoms with Crippen molar-refractivity contribution in [1.29, 1.82) is 0 Å². The summed E-state index contributed by atoms with van der Waals surface area (Å²) < 4.78 is 0.880. The number of hydrogen-bond acceptors (Lipinski definition) is 3. The molecule has 2 nitrogen and oxygen atoms in total. The van der Waals surface area contributed by atoms with Crippen LogP contribution in [0.1, 0.15) is 42.3 Å². The zero-order valence-corrected chi connectivity index (χ0v) is 11.7. The van der Waals surface area contributed by atoms with E-state index >= 15 is 0 Å². The second-order valence-electron chi connectivity index (χ2n) is 4.78. The lowest BCUT2D eigenvalue weighted by Gasteiger charge is -2.35. The highest BCUT2D eigenvalue weighted by Gasteiger charge is 2.39. The Balaban J connectivity index is 2.24. The van der Waals surface area contributed by atoms with Gasteiger partial charge in [-0.15, -0.1) is 11.3 Å². The standard InChI is InChI=1S/C12H16BrNOS/c1-8-3-2-5-12(14,7-8)11(15)10-9(13)4-6-16-10/h4,6,8H,2-3,5,7,14H2,1H3. The number of carbonyl (C=O) groups excluding carboxylic acids is 1.